The molecule has 136 valence electrons. The average molecular weight is 361 g/mol. The zero-order valence-electron chi connectivity index (χ0n) is 15.5. The second kappa shape index (κ2) is 7.40. The van der Waals surface area contributed by atoms with Crippen LogP contribution in [0.5, 0.6) is 0 Å². The number of nitrogens with zero attached hydrogens (tertiary/aromatic N) is 2. The lowest BCUT2D eigenvalue weighted by atomic mass is 9.90. The Bertz CT molecular complexity index is 645. The minimum Gasteiger partial charge on any atom is -0.342 e. The number of carbonyl (C=O) groups is 2. The van der Waals surface area contributed by atoms with Crippen molar-refractivity contribution in [3.8, 4) is 0 Å². The average Bonchev–Trinajstić information content (AvgIpc) is 2.82. The van der Waals surface area contributed by atoms with Crippen LogP contribution in [0, 0.1) is 11.3 Å². The van der Waals surface area contributed by atoms with Gasteiger partial charge >= 0.3 is 0 Å². The molecule has 5 heteroatoms. The second-order valence-corrected chi connectivity index (χ2v) is 9.11. The number of benzene rings is 1. The van der Waals surface area contributed by atoms with Crippen molar-refractivity contribution in [2.75, 3.05) is 30.3 Å². The van der Waals surface area contributed by atoms with Gasteiger partial charge in [0.1, 0.15) is 0 Å². The zero-order chi connectivity index (χ0) is 18.0. The third-order valence-electron chi connectivity index (χ3n) is 4.98. The Morgan fingerprint density at radius 2 is 1.76 bits per heavy atom. The molecule has 1 fully saturated rings. The summed E-state index contributed by atoms with van der Waals surface area (Å²) in [5, 5.41) is 0. The predicted octanol–water partition coefficient (Wildman–Crippen LogP) is 3.80. The van der Waals surface area contributed by atoms with Crippen LogP contribution in [0.2, 0.25) is 0 Å². The van der Waals surface area contributed by atoms with Gasteiger partial charge in [0.15, 0.2) is 0 Å². The number of hydrogen-bond acceptors (Lipinski definition) is 3. The van der Waals surface area contributed by atoms with E-state index in [4.69, 9.17) is 0 Å². The van der Waals surface area contributed by atoms with Gasteiger partial charge in [0.2, 0.25) is 11.8 Å². The highest BCUT2D eigenvalue weighted by Crippen LogP contribution is 2.35. The number of likely N-dealkylation sites (tertiary alicyclic amines) is 1. The van der Waals surface area contributed by atoms with Crippen LogP contribution in [0.3, 0.4) is 0 Å². The van der Waals surface area contributed by atoms with Crippen LogP contribution in [0.25, 0.3) is 0 Å². The molecule has 0 saturated carbocycles. The molecule has 0 aromatic heterocycles. The minimum atomic E-state index is -0.349. The Morgan fingerprint density at radius 3 is 2.44 bits per heavy atom. The largest absolute Gasteiger partial charge is 0.342 e. The topological polar surface area (TPSA) is 40.6 Å². The van der Waals surface area contributed by atoms with Crippen LogP contribution in [0.15, 0.2) is 29.2 Å². The summed E-state index contributed by atoms with van der Waals surface area (Å²) >= 11 is 1.84. The first kappa shape index (κ1) is 18.3. The summed E-state index contributed by atoms with van der Waals surface area (Å²) in [6.07, 6.45) is 2.56. The molecule has 0 bridgehead atoms. The van der Waals surface area contributed by atoms with E-state index in [-0.39, 0.29) is 23.1 Å². The van der Waals surface area contributed by atoms with Crippen LogP contribution in [-0.2, 0) is 9.59 Å². The number of amides is 2. The molecule has 2 heterocycles. The minimum absolute atomic E-state index is 0.0279. The number of para-hydroxylation sites is 1. The molecule has 1 aromatic carbocycles. The van der Waals surface area contributed by atoms with E-state index in [2.05, 4.69) is 12.1 Å². The molecule has 0 N–H and O–H groups in total. The van der Waals surface area contributed by atoms with Crippen LogP contribution < -0.4 is 4.90 Å². The molecule has 0 aliphatic carbocycles. The van der Waals surface area contributed by atoms with Crippen molar-refractivity contribution >= 4 is 29.3 Å². The fourth-order valence-electron chi connectivity index (χ4n) is 3.58. The second-order valence-electron chi connectivity index (χ2n) is 7.98. The Balaban J connectivity index is 1.68. The summed E-state index contributed by atoms with van der Waals surface area (Å²) in [4.78, 5) is 30.7. The van der Waals surface area contributed by atoms with Crippen molar-refractivity contribution in [2.24, 2.45) is 11.3 Å². The Labute approximate surface area is 154 Å². The van der Waals surface area contributed by atoms with Crippen LogP contribution in [0.1, 0.15) is 40.0 Å². The normalized spacial score (nSPS) is 19.3. The molecule has 0 spiro atoms. The van der Waals surface area contributed by atoms with Gasteiger partial charge in [0, 0.05) is 35.9 Å². The third kappa shape index (κ3) is 4.02. The molecule has 1 aromatic rings. The molecule has 25 heavy (non-hydrogen) atoms. The van der Waals surface area contributed by atoms with Gasteiger partial charge in [-0.2, -0.15) is 0 Å². The number of thioether (sulfide) groups is 1. The lowest BCUT2D eigenvalue weighted by molar-refractivity contribution is -0.142. The van der Waals surface area contributed by atoms with Gasteiger partial charge in [-0.25, -0.2) is 0 Å². The lowest BCUT2D eigenvalue weighted by Gasteiger charge is -2.37. The summed E-state index contributed by atoms with van der Waals surface area (Å²) in [5.74, 6) is 1.51. The number of hydrogen-bond donors (Lipinski definition) is 0. The van der Waals surface area contributed by atoms with Gasteiger partial charge in [-0.05, 0) is 37.1 Å². The first-order valence-corrected chi connectivity index (χ1v) is 10.2. The molecule has 2 aliphatic heterocycles. The SMILES string of the molecule is CC(C)(C)C(=O)N1CCC(C(=O)N2CCCSc3ccccc32)CC1. The fourth-order valence-corrected chi connectivity index (χ4v) is 4.57. The molecule has 0 unspecified atom stereocenters. The van der Waals surface area contributed by atoms with Gasteiger partial charge in [-0.15, -0.1) is 11.8 Å². The maximum absolute atomic E-state index is 13.2. The van der Waals surface area contributed by atoms with Gasteiger partial charge in [0.05, 0.1) is 5.69 Å². The summed E-state index contributed by atoms with van der Waals surface area (Å²) in [6, 6.07) is 8.21. The van der Waals surface area contributed by atoms with Crippen molar-refractivity contribution in [3.05, 3.63) is 24.3 Å². The number of carbonyl (C=O) groups excluding carboxylic acids is 2. The lowest BCUT2D eigenvalue weighted by Crippen LogP contribution is -2.47. The van der Waals surface area contributed by atoms with E-state index in [1.165, 1.54) is 4.90 Å². The smallest absolute Gasteiger partial charge is 0.230 e. The molecular formula is C20H28N2O2S. The fraction of sp³-hybridized carbons (Fsp3) is 0.600. The van der Waals surface area contributed by atoms with E-state index < -0.39 is 0 Å². The maximum atomic E-state index is 13.2. The van der Waals surface area contributed by atoms with E-state index in [0.717, 1.165) is 37.2 Å². The first-order chi connectivity index (χ1) is 11.9. The number of rotatable bonds is 1. The molecule has 1 saturated heterocycles. The first-order valence-electron chi connectivity index (χ1n) is 9.20. The molecule has 2 amide bonds. The maximum Gasteiger partial charge on any atom is 0.230 e. The van der Waals surface area contributed by atoms with Crippen molar-refractivity contribution in [1.82, 2.24) is 4.90 Å². The molecule has 4 nitrogen and oxygen atoms in total. The number of piperidine rings is 1. The summed E-state index contributed by atoms with van der Waals surface area (Å²) in [5.41, 5.74) is 0.709. The number of fused-ring (bicyclic) bond motifs is 1. The Morgan fingerprint density at radius 1 is 1.08 bits per heavy atom. The molecular weight excluding hydrogens is 332 g/mol. The van der Waals surface area contributed by atoms with Gasteiger partial charge in [-0.1, -0.05) is 32.9 Å². The van der Waals surface area contributed by atoms with E-state index in [1.807, 2.05) is 54.5 Å². The van der Waals surface area contributed by atoms with Crippen LogP contribution in [-0.4, -0.2) is 42.1 Å². The van der Waals surface area contributed by atoms with E-state index in [0.29, 0.717) is 13.1 Å². The van der Waals surface area contributed by atoms with E-state index in [1.54, 1.807) is 0 Å². The Hall–Kier alpha value is -1.49. The highest BCUT2D eigenvalue weighted by atomic mass is 32.2. The summed E-state index contributed by atoms with van der Waals surface area (Å²) < 4.78 is 0. The highest BCUT2D eigenvalue weighted by Gasteiger charge is 2.34. The molecule has 2 aliphatic rings. The van der Waals surface area contributed by atoms with Gasteiger partial charge < -0.3 is 9.80 Å². The number of anilines is 1. The van der Waals surface area contributed by atoms with Gasteiger partial charge in [0.25, 0.3) is 0 Å². The summed E-state index contributed by atoms with van der Waals surface area (Å²) in [7, 11) is 0. The monoisotopic (exact) mass is 360 g/mol. The van der Waals surface area contributed by atoms with Crippen molar-refractivity contribution in [2.45, 2.75) is 44.9 Å². The predicted molar refractivity (Wildman–Crippen MR) is 103 cm³/mol. The zero-order valence-corrected chi connectivity index (χ0v) is 16.3. The van der Waals surface area contributed by atoms with E-state index in [9.17, 15) is 9.59 Å². The highest BCUT2D eigenvalue weighted by molar-refractivity contribution is 7.99. The third-order valence-corrected chi connectivity index (χ3v) is 6.13. The Kier molecular flexibility index (Phi) is 5.42. The van der Waals surface area contributed by atoms with Gasteiger partial charge in [-0.3, -0.25) is 9.59 Å². The van der Waals surface area contributed by atoms with E-state index >= 15 is 0 Å². The van der Waals surface area contributed by atoms with Crippen molar-refractivity contribution in [3.63, 3.8) is 0 Å². The van der Waals surface area contributed by atoms with Crippen molar-refractivity contribution < 1.29 is 9.59 Å². The molecule has 3 rings (SSSR count). The van der Waals surface area contributed by atoms with Crippen LogP contribution in [0.4, 0.5) is 5.69 Å². The standard InChI is InChI=1S/C20H28N2O2S/c1-20(2,3)19(24)21-12-9-15(10-13-21)18(23)22-11-6-14-25-17-8-5-4-7-16(17)22/h4-5,7-8,15H,6,9-14H2,1-3H3. The van der Waals surface area contributed by atoms with Crippen molar-refractivity contribution in [1.29, 1.82) is 0 Å². The molecule has 0 atom stereocenters. The summed E-state index contributed by atoms with van der Waals surface area (Å²) in [6.45, 7) is 8.05. The molecule has 0 radical (unpaired) electrons. The van der Waals surface area contributed by atoms with Crippen LogP contribution >= 0.6 is 11.8 Å². The quantitative estimate of drug-likeness (QED) is 0.765.